The van der Waals surface area contributed by atoms with Crippen LogP contribution in [0.5, 0.6) is 5.75 Å². The summed E-state index contributed by atoms with van der Waals surface area (Å²) in [4.78, 5) is 22.5. The molecule has 2 aromatic carbocycles. The highest BCUT2D eigenvalue weighted by atomic mass is 79.9. The number of nitrogens with one attached hydrogen (secondary N) is 1. The van der Waals surface area contributed by atoms with Crippen LogP contribution < -0.4 is 15.8 Å². The summed E-state index contributed by atoms with van der Waals surface area (Å²) in [6.45, 7) is 0.127. The number of nitriles is 2. The topological polar surface area (TPSA) is 129 Å². The van der Waals surface area contributed by atoms with Crippen LogP contribution >= 0.6 is 27.5 Å². The van der Waals surface area contributed by atoms with Crippen LogP contribution in [-0.4, -0.2) is 11.9 Å². The van der Waals surface area contributed by atoms with Gasteiger partial charge in [-0.3, -0.25) is 10.1 Å². The quantitative estimate of drug-likeness (QED) is 0.521. The van der Waals surface area contributed by atoms with Crippen LogP contribution in [0, 0.1) is 22.7 Å². The molecule has 0 bridgehead atoms. The summed E-state index contributed by atoms with van der Waals surface area (Å²) in [5.74, 6) is -0.581. The zero-order valence-corrected chi connectivity index (χ0v) is 16.5. The van der Waals surface area contributed by atoms with Crippen molar-refractivity contribution in [2.75, 3.05) is 0 Å². The molecular weight excluding hydrogens is 448 g/mol. The largest absolute Gasteiger partial charge is 0.486 e. The summed E-state index contributed by atoms with van der Waals surface area (Å²) in [6, 6.07) is 12.8. The second-order valence-corrected chi connectivity index (χ2v) is 6.62. The summed E-state index contributed by atoms with van der Waals surface area (Å²) >= 11 is 9.59. The molecule has 0 fully saturated rings. The second kappa shape index (κ2) is 9.56. The molecule has 2 rings (SSSR count). The molecule has 0 saturated heterocycles. The van der Waals surface area contributed by atoms with Gasteiger partial charge in [-0.2, -0.15) is 10.5 Å². The van der Waals surface area contributed by atoms with E-state index in [0.29, 0.717) is 26.9 Å². The van der Waals surface area contributed by atoms with Crippen LogP contribution in [0.1, 0.15) is 16.7 Å². The molecule has 2 aromatic rings. The number of carbonyl (C=O) groups is 2. The number of urea groups is 1. The fourth-order valence-corrected chi connectivity index (χ4v) is 3.19. The lowest BCUT2D eigenvalue weighted by atomic mass is 10.1. The number of nitrogens with two attached hydrogens (primary N) is 1. The molecule has 9 heteroatoms. The summed E-state index contributed by atoms with van der Waals surface area (Å²) in [7, 11) is 0. The molecule has 7 nitrogen and oxygen atoms in total. The molecule has 0 spiro atoms. The fraction of sp³-hybridized carbons (Fsp3) is 0.0526. The van der Waals surface area contributed by atoms with Gasteiger partial charge in [0, 0.05) is 5.56 Å². The third-order valence-corrected chi connectivity index (χ3v) is 4.31. The Labute approximate surface area is 174 Å². The molecule has 0 unspecified atom stereocenters. The Hall–Kier alpha value is -3.33. The van der Waals surface area contributed by atoms with Gasteiger partial charge in [0.15, 0.2) is 5.75 Å². The number of halogens is 2. The molecule has 140 valence electrons. The zero-order valence-electron chi connectivity index (χ0n) is 14.2. The molecule has 3 N–H and O–H groups in total. The minimum atomic E-state index is -1.06. The first-order chi connectivity index (χ1) is 13.3. The van der Waals surface area contributed by atoms with Crippen LogP contribution in [-0.2, 0) is 11.4 Å². The molecule has 0 aromatic heterocycles. The summed E-state index contributed by atoms with van der Waals surface area (Å²) < 4.78 is 6.21. The number of amides is 3. The van der Waals surface area contributed by atoms with E-state index in [4.69, 9.17) is 32.6 Å². The van der Waals surface area contributed by atoms with Gasteiger partial charge in [0.05, 0.1) is 21.1 Å². The number of nitrogens with zero attached hydrogens (tertiary/aromatic N) is 2. The Morgan fingerprint density at radius 1 is 1.29 bits per heavy atom. The van der Waals surface area contributed by atoms with Gasteiger partial charge in [0.1, 0.15) is 18.2 Å². The lowest BCUT2D eigenvalue weighted by molar-refractivity contribution is -0.115. The highest BCUT2D eigenvalue weighted by molar-refractivity contribution is 9.10. The first kappa shape index (κ1) is 21.0. The van der Waals surface area contributed by atoms with E-state index in [1.165, 1.54) is 12.1 Å². The molecule has 0 atom stereocenters. The Morgan fingerprint density at radius 3 is 2.61 bits per heavy atom. The van der Waals surface area contributed by atoms with Crippen molar-refractivity contribution in [1.29, 1.82) is 10.5 Å². The van der Waals surface area contributed by atoms with Crippen molar-refractivity contribution in [2.24, 2.45) is 5.73 Å². The van der Waals surface area contributed by atoms with E-state index in [1.54, 1.807) is 36.4 Å². The number of imide groups is 1. The standard InChI is InChI=1S/C19H12BrClN4O3/c20-15-6-11(5-14(9-23)18(26)25-19(24)27)7-16(21)17(15)28-10-13-4-2-1-3-12(13)8-22/h1-7H,10H2,(H3,24,25,26,27)/b14-5-. The van der Waals surface area contributed by atoms with Crippen LogP contribution in [0.3, 0.4) is 0 Å². The van der Waals surface area contributed by atoms with E-state index in [2.05, 4.69) is 22.0 Å². The van der Waals surface area contributed by atoms with E-state index < -0.39 is 11.9 Å². The van der Waals surface area contributed by atoms with Gasteiger partial charge in [0.2, 0.25) is 0 Å². The Bertz CT molecular complexity index is 1030. The molecule has 0 aliphatic heterocycles. The van der Waals surface area contributed by atoms with Gasteiger partial charge < -0.3 is 10.5 Å². The van der Waals surface area contributed by atoms with Gasteiger partial charge in [-0.25, -0.2) is 4.79 Å². The van der Waals surface area contributed by atoms with Gasteiger partial charge in [-0.15, -0.1) is 0 Å². The Kier molecular flexibility index (Phi) is 7.16. The minimum absolute atomic E-state index is 0.127. The van der Waals surface area contributed by atoms with Crippen molar-refractivity contribution in [3.8, 4) is 17.9 Å². The molecule has 0 radical (unpaired) electrons. The highest BCUT2D eigenvalue weighted by Gasteiger charge is 2.14. The van der Waals surface area contributed by atoms with Crippen LogP contribution in [0.4, 0.5) is 4.79 Å². The molecular formula is C19H12BrClN4O3. The Balaban J connectivity index is 2.26. The van der Waals surface area contributed by atoms with E-state index in [1.807, 2.05) is 5.32 Å². The number of ether oxygens (including phenoxy) is 1. The number of rotatable bonds is 5. The number of hydrogen-bond donors (Lipinski definition) is 2. The monoisotopic (exact) mass is 458 g/mol. The minimum Gasteiger partial charge on any atom is -0.486 e. The summed E-state index contributed by atoms with van der Waals surface area (Å²) in [5.41, 5.74) is 6.18. The zero-order chi connectivity index (χ0) is 20.7. The maximum Gasteiger partial charge on any atom is 0.319 e. The van der Waals surface area contributed by atoms with Crippen molar-refractivity contribution in [3.63, 3.8) is 0 Å². The van der Waals surface area contributed by atoms with Crippen LogP contribution in [0.2, 0.25) is 5.02 Å². The van der Waals surface area contributed by atoms with Crippen molar-refractivity contribution >= 4 is 45.5 Å². The molecule has 0 aliphatic rings. The molecule has 0 heterocycles. The predicted octanol–water partition coefficient (Wildman–Crippen LogP) is 3.66. The molecule has 0 saturated carbocycles. The Morgan fingerprint density at radius 2 is 2.00 bits per heavy atom. The first-order valence-corrected chi connectivity index (χ1v) is 8.85. The van der Waals surface area contributed by atoms with Crippen LogP contribution in [0.15, 0.2) is 46.4 Å². The van der Waals surface area contributed by atoms with Gasteiger partial charge in [-0.05, 0) is 45.8 Å². The number of benzene rings is 2. The van der Waals surface area contributed by atoms with E-state index in [-0.39, 0.29) is 17.2 Å². The average Bonchev–Trinajstić information content (AvgIpc) is 2.65. The van der Waals surface area contributed by atoms with Gasteiger partial charge in [0.25, 0.3) is 5.91 Å². The van der Waals surface area contributed by atoms with Crippen molar-refractivity contribution < 1.29 is 14.3 Å². The maximum atomic E-state index is 11.7. The van der Waals surface area contributed by atoms with E-state index >= 15 is 0 Å². The number of hydrogen-bond acceptors (Lipinski definition) is 5. The van der Waals surface area contributed by atoms with Gasteiger partial charge >= 0.3 is 6.03 Å². The molecule has 0 aliphatic carbocycles. The third-order valence-electron chi connectivity index (χ3n) is 3.44. The SMILES string of the molecule is N#C/C(=C/c1cc(Cl)c(OCc2ccccc2C#N)c(Br)c1)C(=O)NC(N)=O. The average molecular weight is 460 g/mol. The number of carbonyl (C=O) groups excluding carboxylic acids is 2. The summed E-state index contributed by atoms with van der Waals surface area (Å²) in [6.07, 6.45) is 1.25. The second-order valence-electron chi connectivity index (χ2n) is 5.36. The van der Waals surface area contributed by atoms with Crippen molar-refractivity contribution in [2.45, 2.75) is 6.61 Å². The number of primary amides is 1. The lowest BCUT2D eigenvalue weighted by Gasteiger charge is -2.12. The van der Waals surface area contributed by atoms with Crippen molar-refractivity contribution in [3.05, 3.63) is 68.2 Å². The van der Waals surface area contributed by atoms with Crippen LogP contribution in [0.25, 0.3) is 6.08 Å². The third kappa shape index (κ3) is 5.34. The lowest BCUT2D eigenvalue weighted by Crippen LogP contribution is -2.35. The molecule has 3 amide bonds. The molecule has 28 heavy (non-hydrogen) atoms. The smallest absolute Gasteiger partial charge is 0.319 e. The van der Waals surface area contributed by atoms with E-state index in [9.17, 15) is 9.59 Å². The normalized spacial score (nSPS) is 10.5. The van der Waals surface area contributed by atoms with Crippen molar-refractivity contribution in [1.82, 2.24) is 5.32 Å². The fourth-order valence-electron chi connectivity index (χ4n) is 2.20. The summed E-state index contributed by atoms with van der Waals surface area (Å²) in [5, 5.41) is 20.3. The first-order valence-electron chi connectivity index (χ1n) is 7.68. The van der Waals surface area contributed by atoms with Gasteiger partial charge in [-0.1, -0.05) is 29.8 Å². The highest BCUT2D eigenvalue weighted by Crippen LogP contribution is 2.35. The van der Waals surface area contributed by atoms with E-state index in [0.717, 1.165) is 0 Å². The predicted molar refractivity (Wildman–Crippen MR) is 106 cm³/mol. The maximum absolute atomic E-state index is 11.7.